The monoisotopic (exact) mass is 220 g/mol. The maximum atomic E-state index is 13.0. The summed E-state index contributed by atoms with van der Waals surface area (Å²) in [5.74, 6) is 0.464. The molecule has 1 aromatic rings. The highest BCUT2D eigenvalue weighted by atomic mass is 35.5. The van der Waals surface area contributed by atoms with Crippen LogP contribution in [0.25, 0.3) is 0 Å². The van der Waals surface area contributed by atoms with E-state index in [0.29, 0.717) is 5.03 Å². The zero-order chi connectivity index (χ0) is 9.68. The van der Waals surface area contributed by atoms with Crippen LogP contribution >= 0.6 is 23.4 Å². The SMILES string of the molecule is CCCCSc1nc(Cl)ncc1F. The predicted molar refractivity (Wildman–Crippen MR) is 52.6 cm³/mol. The summed E-state index contributed by atoms with van der Waals surface area (Å²) in [6.45, 7) is 2.09. The van der Waals surface area contributed by atoms with Crippen LogP contribution in [0.4, 0.5) is 4.39 Å². The van der Waals surface area contributed by atoms with E-state index in [-0.39, 0.29) is 5.28 Å². The largest absolute Gasteiger partial charge is 0.223 e. The molecule has 0 bridgehead atoms. The molecular formula is C8H10ClFN2S. The molecule has 13 heavy (non-hydrogen) atoms. The van der Waals surface area contributed by atoms with Crippen molar-refractivity contribution in [1.29, 1.82) is 0 Å². The van der Waals surface area contributed by atoms with Crippen LogP contribution in [0.2, 0.25) is 5.28 Å². The summed E-state index contributed by atoms with van der Waals surface area (Å²) in [5.41, 5.74) is 0. The van der Waals surface area contributed by atoms with Gasteiger partial charge in [-0.05, 0) is 23.8 Å². The van der Waals surface area contributed by atoms with E-state index in [4.69, 9.17) is 11.6 Å². The van der Waals surface area contributed by atoms with Crippen LogP contribution in [-0.2, 0) is 0 Å². The zero-order valence-electron chi connectivity index (χ0n) is 7.26. The third kappa shape index (κ3) is 3.48. The predicted octanol–water partition coefficient (Wildman–Crippen LogP) is 3.16. The zero-order valence-corrected chi connectivity index (χ0v) is 8.83. The van der Waals surface area contributed by atoms with Gasteiger partial charge in [0.05, 0.1) is 6.20 Å². The maximum Gasteiger partial charge on any atom is 0.223 e. The van der Waals surface area contributed by atoms with Crippen molar-refractivity contribution in [2.24, 2.45) is 0 Å². The molecule has 0 radical (unpaired) electrons. The number of nitrogens with zero attached hydrogens (tertiary/aromatic N) is 2. The first kappa shape index (κ1) is 10.7. The number of hydrogen-bond acceptors (Lipinski definition) is 3. The molecule has 0 aliphatic heterocycles. The molecule has 72 valence electrons. The highest BCUT2D eigenvalue weighted by Crippen LogP contribution is 2.20. The molecule has 1 heterocycles. The van der Waals surface area contributed by atoms with Gasteiger partial charge in [0, 0.05) is 0 Å². The second-order valence-electron chi connectivity index (χ2n) is 2.49. The van der Waals surface area contributed by atoms with E-state index in [1.54, 1.807) is 0 Å². The molecule has 0 fully saturated rings. The molecule has 0 saturated carbocycles. The van der Waals surface area contributed by atoms with Gasteiger partial charge in [-0.25, -0.2) is 14.4 Å². The Morgan fingerprint density at radius 3 is 3.08 bits per heavy atom. The second-order valence-corrected chi connectivity index (χ2v) is 3.92. The van der Waals surface area contributed by atoms with Crippen molar-refractivity contribution in [3.63, 3.8) is 0 Å². The molecule has 0 aliphatic carbocycles. The third-order valence-electron chi connectivity index (χ3n) is 1.42. The van der Waals surface area contributed by atoms with E-state index in [9.17, 15) is 4.39 Å². The smallest absolute Gasteiger partial charge is 0.223 e. The fourth-order valence-corrected chi connectivity index (χ4v) is 1.90. The lowest BCUT2D eigenvalue weighted by atomic mass is 10.4. The van der Waals surface area contributed by atoms with Crippen molar-refractivity contribution in [2.75, 3.05) is 5.75 Å². The van der Waals surface area contributed by atoms with Gasteiger partial charge >= 0.3 is 0 Å². The van der Waals surface area contributed by atoms with Gasteiger partial charge in [-0.2, -0.15) is 0 Å². The quantitative estimate of drug-likeness (QED) is 0.337. The minimum atomic E-state index is -0.398. The van der Waals surface area contributed by atoms with E-state index >= 15 is 0 Å². The lowest BCUT2D eigenvalue weighted by Gasteiger charge is -2.00. The summed E-state index contributed by atoms with van der Waals surface area (Å²) in [7, 11) is 0. The fourth-order valence-electron chi connectivity index (χ4n) is 0.746. The van der Waals surface area contributed by atoms with Crippen molar-refractivity contribution in [1.82, 2.24) is 9.97 Å². The summed E-state index contributed by atoms with van der Waals surface area (Å²) >= 11 is 6.90. The van der Waals surface area contributed by atoms with Crippen LogP contribution in [0.1, 0.15) is 19.8 Å². The van der Waals surface area contributed by atoms with Crippen LogP contribution in [0.3, 0.4) is 0 Å². The lowest BCUT2D eigenvalue weighted by Crippen LogP contribution is -1.91. The summed E-state index contributed by atoms with van der Waals surface area (Å²) in [4.78, 5) is 7.32. The summed E-state index contributed by atoms with van der Waals surface area (Å²) in [5, 5.41) is 0.439. The standard InChI is InChI=1S/C8H10ClFN2S/c1-2-3-4-13-7-6(10)5-11-8(9)12-7/h5H,2-4H2,1H3. The molecule has 1 aromatic heterocycles. The molecule has 0 aliphatic rings. The topological polar surface area (TPSA) is 25.8 Å². The van der Waals surface area contributed by atoms with Gasteiger partial charge < -0.3 is 0 Å². The summed E-state index contributed by atoms with van der Waals surface area (Å²) in [6, 6.07) is 0. The number of halogens is 2. The average Bonchev–Trinajstić information content (AvgIpc) is 2.11. The molecular weight excluding hydrogens is 211 g/mol. The Labute approximate surface area is 85.9 Å². The van der Waals surface area contributed by atoms with Crippen LogP contribution < -0.4 is 0 Å². The summed E-state index contributed by atoms with van der Waals surface area (Å²) < 4.78 is 13.0. The molecule has 1 rings (SSSR count). The van der Waals surface area contributed by atoms with E-state index in [2.05, 4.69) is 16.9 Å². The molecule has 2 nitrogen and oxygen atoms in total. The van der Waals surface area contributed by atoms with Crippen LogP contribution in [0.15, 0.2) is 11.2 Å². The first-order valence-corrected chi connectivity index (χ1v) is 5.41. The number of unbranched alkanes of at least 4 members (excludes halogenated alkanes) is 1. The molecule has 0 atom stereocenters. The molecule has 0 N–H and O–H groups in total. The normalized spacial score (nSPS) is 10.4. The van der Waals surface area contributed by atoms with Crippen molar-refractivity contribution in [2.45, 2.75) is 24.8 Å². The molecule has 0 spiro atoms. The van der Waals surface area contributed by atoms with Gasteiger partial charge in [0.2, 0.25) is 5.28 Å². The van der Waals surface area contributed by atoms with Gasteiger partial charge in [-0.15, -0.1) is 11.8 Å². The van der Waals surface area contributed by atoms with Crippen molar-refractivity contribution in [3.05, 3.63) is 17.3 Å². The number of thioether (sulfide) groups is 1. The Morgan fingerprint density at radius 2 is 2.38 bits per heavy atom. The highest BCUT2D eigenvalue weighted by molar-refractivity contribution is 7.99. The molecule has 5 heteroatoms. The Hall–Kier alpha value is -0.350. The molecule has 0 unspecified atom stereocenters. The van der Waals surface area contributed by atoms with E-state index in [0.717, 1.165) is 24.8 Å². The lowest BCUT2D eigenvalue weighted by molar-refractivity contribution is 0.579. The average molecular weight is 221 g/mol. The molecule has 0 saturated heterocycles. The highest BCUT2D eigenvalue weighted by Gasteiger charge is 2.05. The van der Waals surface area contributed by atoms with Gasteiger partial charge in [-0.3, -0.25) is 0 Å². The first-order chi connectivity index (χ1) is 6.24. The van der Waals surface area contributed by atoms with Gasteiger partial charge in [0.15, 0.2) is 5.82 Å². The second kappa shape index (κ2) is 5.40. The van der Waals surface area contributed by atoms with Gasteiger partial charge in [-0.1, -0.05) is 13.3 Å². The minimum absolute atomic E-state index is 0.0976. The third-order valence-corrected chi connectivity index (χ3v) is 2.65. The van der Waals surface area contributed by atoms with E-state index < -0.39 is 5.82 Å². The van der Waals surface area contributed by atoms with Gasteiger partial charge in [0.1, 0.15) is 5.03 Å². The summed E-state index contributed by atoms with van der Waals surface area (Å²) in [6.07, 6.45) is 3.24. The van der Waals surface area contributed by atoms with Crippen molar-refractivity contribution in [3.8, 4) is 0 Å². The van der Waals surface area contributed by atoms with Crippen molar-refractivity contribution >= 4 is 23.4 Å². The Bertz CT molecular complexity index is 283. The number of hydrogen-bond donors (Lipinski definition) is 0. The van der Waals surface area contributed by atoms with E-state index in [1.165, 1.54) is 11.8 Å². The number of aromatic nitrogens is 2. The number of rotatable bonds is 4. The molecule has 0 aromatic carbocycles. The first-order valence-electron chi connectivity index (χ1n) is 4.05. The Morgan fingerprint density at radius 1 is 1.62 bits per heavy atom. The fraction of sp³-hybridized carbons (Fsp3) is 0.500. The minimum Gasteiger partial charge on any atom is -0.223 e. The van der Waals surface area contributed by atoms with Crippen molar-refractivity contribution < 1.29 is 4.39 Å². The van der Waals surface area contributed by atoms with Gasteiger partial charge in [0.25, 0.3) is 0 Å². The molecule has 0 amide bonds. The van der Waals surface area contributed by atoms with Crippen LogP contribution in [0.5, 0.6) is 0 Å². The van der Waals surface area contributed by atoms with Crippen LogP contribution in [-0.4, -0.2) is 15.7 Å². The Balaban J connectivity index is 2.59. The maximum absolute atomic E-state index is 13.0. The van der Waals surface area contributed by atoms with E-state index in [1.807, 2.05) is 0 Å². The Kier molecular flexibility index (Phi) is 4.45. The van der Waals surface area contributed by atoms with Crippen LogP contribution in [0, 0.1) is 5.82 Å².